The quantitative estimate of drug-likeness (QED) is 0.892. The van der Waals surface area contributed by atoms with Gasteiger partial charge in [-0.05, 0) is 30.9 Å². The molecule has 5 heteroatoms. The molecule has 1 saturated heterocycles. The number of nitrogens with zero attached hydrogens (tertiary/aromatic N) is 1. The normalized spacial score (nSPS) is 24.5. The highest BCUT2D eigenvalue weighted by molar-refractivity contribution is 6.11. The molecule has 2 aliphatic rings. The minimum atomic E-state index is -0.826. The largest absolute Gasteiger partial charge is 0.374 e. The third kappa shape index (κ3) is 2.22. The fraction of sp³-hybridized carbons (Fsp3) is 0.412. The lowest BCUT2D eigenvalue weighted by molar-refractivity contribution is -0.131. The van der Waals surface area contributed by atoms with Gasteiger partial charge in [-0.3, -0.25) is 14.5 Å². The van der Waals surface area contributed by atoms with Gasteiger partial charge in [-0.15, -0.1) is 0 Å². The number of aliphatic hydroxyl groups excluding tert-OH is 1. The smallest absolute Gasteiger partial charge is 0.259 e. The van der Waals surface area contributed by atoms with E-state index in [0.29, 0.717) is 24.1 Å². The SMILES string of the molecule is C=C1c2c(CCC)cccc2C(=O)N1C1CCC(O)NC1=O. The van der Waals surface area contributed by atoms with E-state index in [4.69, 9.17) is 0 Å². The van der Waals surface area contributed by atoms with Crippen molar-refractivity contribution >= 4 is 17.5 Å². The summed E-state index contributed by atoms with van der Waals surface area (Å²) in [7, 11) is 0. The van der Waals surface area contributed by atoms with Crippen LogP contribution < -0.4 is 5.32 Å². The lowest BCUT2D eigenvalue weighted by Gasteiger charge is -2.33. The van der Waals surface area contributed by atoms with E-state index in [2.05, 4.69) is 18.8 Å². The lowest BCUT2D eigenvalue weighted by Crippen LogP contribution is -2.53. The van der Waals surface area contributed by atoms with Crippen LogP contribution in [0.3, 0.4) is 0 Å². The summed E-state index contributed by atoms with van der Waals surface area (Å²) in [5, 5.41) is 12.0. The van der Waals surface area contributed by atoms with Crippen LogP contribution in [0.2, 0.25) is 0 Å². The van der Waals surface area contributed by atoms with Gasteiger partial charge in [-0.25, -0.2) is 0 Å². The Labute approximate surface area is 129 Å². The molecule has 22 heavy (non-hydrogen) atoms. The molecule has 0 aliphatic carbocycles. The number of aliphatic hydroxyl groups is 1. The molecule has 2 amide bonds. The molecule has 0 radical (unpaired) electrons. The molecule has 1 aromatic carbocycles. The average molecular weight is 300 g/mol. The van der Waals surface area contributed by atoms with Crippen LogP contribution >= 0.6 is 0 Å². The van der Waals surface area contributed by atoms with Gasteiger partial charge in [0, 0.05) is 16.8 Å². The number of fused-ring (bicyclic) bond motifs is 1. The fourth-order valence-corrected chi connectivity index (χ4v) is 3.33. The highest BCUT2D eigenvalue weighted by atomic mass is 16.3. The van der Waals surface area contributed by atoms with Gasteiger partial charge >= 0.3 is 0 Å². The number of hydrogen-bond donors (Lipinski definition) is 2. The molecule has 2 heterocycles. The summed E-state index contributed by atoms with van der Waals surface area (Å²) in [5.74, 6) is -0.493. The molecule has 2 unspecified atom stereocenters. The molecule has 5 nitrogen and oxygen atoms in total. The molecule has 1 fully saturated rings. The van der Waals surface area contributed by atoms with Crippen molar-refractivity contribution in [2.75, 3.05) is 0 Å². The predicted octanol–water partition coefficient (Wildman–Crippen LogP) is 1.66. The number of hydrogen-bond acceptors (Lipinski definition) is 3. The first kappa shape index (κ1) is 14.8. The van der Waals surface area contributed by atoms with Crippen molar-refractivity contribution in [3.8, 4) is 0 Å². The van der Waals surface area contributed by atoms with Gasteiger partial charge < -0.3 is 10.4 Å². The van der Waals surface area contributed by atoms with Crippen LogP contribution in [0.5, 0.6) is 0 Å². The van der Waals surface area contributed by atoms with E-state index >= 15 is 0 Å². The second kappa shape index (κ2) is 5.57. The maximum atomic E-state index is 12.7. The number of nitrogens with one attached hydrogen (secondary N) is 1. The zero-order valence-electron chi connectivity index (χ0n) is 12.6. The Bertz CT molecular complexity index is 653. The summed E-state index contributed by atoms with van der Waals surface area (Å²) >= 11 is 0. The summed E-state index contributed by atoms with van der Waals surface area (Å²) < 4.78 is 0. The third-order valence-corrected chi connectivity index (χ3v) is 4.34. The van der Waals surface area contributed by atoms with Crippen molar-refractivity contribution in [2.24, 2.45) is 0 Å². The van der Waals surface area contributed by atoms with Crippen LogP contribution in [0, 0.1) is 0 Å². The molecule has 2 atom stereocenters. The number of benzene rings is 1. The molecule has 0 aromatic heterocycles. The summed E-state index contributed by atoms with van der Waals surface area (Å²) in [5.41, 5.74) is 3.18. The van der Waals surface area contributed by atoms with Gasteiger partial charge in [0.15, 0.2) is 0 Å². The molecular weight excluding hydrogens is 280 g/mol. The Hall–Kier alpha value is -2.14. The lowest BCUT2D eigenvalue weighted by atomic mass is 9.98. The molecular formula is C17H20N2O3. The molecule has 2 aliphatic heterocycles. The first-order chi connectivity index (χ1) is 10.5. The van der Waals surface area contributed by atoms with Crippen molar-refractivity contribution in [3.63, 3.8) is 0 Å². The fourth-order valence-electron chi connectivity index (χ4n) is 3.33. The monoisotopic (exact) mass is 300 g/mol. The zero-order chi connectivity index (χ0) is 15.9. The van der Waals surface area contributed by atoms with Gasteiger partial charge in [0.1, 0.15) is 12.3 Å². The van der Waals surface area contributed by atoms with Crippen molar-refractivity contribution in [1.29, 1.82) is 0 Å². The van der Waals surface area contributed by atoms with Crippen LogP contribution in [0.15, 0.2) is 24.8 Å². The Balaban J connectivity index is 1.97. The first-order valence-electron chi connectivity index (χ1n) is 7.67. The summed E-state index contributed by atoms with van der Waals surface area (Å²) in [6.07, 6.45) is 1.90. The standard InChI is InChI=1S/C17H20N2O3/c1-3-5-11-6-4-7-12-15(11)10(2)19(17(12)22)13-8-9-14(20)18-16(13)21/h4,6-7,13-14,20H,2-3,5,8-9H2,1H3,(H,18,21). The van der Waals surface area contributed by atoms with E-state index in [1.54, 1.807) is 6.07 Å². The van der Waals surface area contributed by atoms with Crippen LogP contribution in [-0.2, 0) is 11.2 Å². The van der Waals surface area contributed by atoms with Crippen molar-refractivity contribution < 1.29 is 14.7 Å². The molecule has 0 bridgehead atoms. The second-order valence-corrected chi connectivity index (χ2v) is 5.83. The van der Waals surface area contributed by atoms with Crippen LogP contribution in [-0.4, -0.2) is 34.1 Å². The topological polar surface area (TPSA) is 69.6 Å². The van der Waals surface area contributed by atoms with Crippen LogP contribution in [0.1, 0.15) is 47.7 Å². The van der Waals surface area contributed by atoms with Gasteiger partial charge in [-0.2, -0.15) is 0 Å². The molecule has 3 rings (SSSR count). The number of carbonyl (C=O) groups excluding carboxylic acids is 2. The van der Waals surface area contributed by atoms with E-state index < -0.39 is 12.3 Å². The minimum Gasteiger partial charge on any atom is -0.374 e. The summed E-state index contributed by atoms with van der Waals surface area (Å²) in [6.45, 7) is 6.15. The maximum Gasteiger partial charge on any atom is 0.259 e. The molecule has 0 spiro atoms. The number of aryl methyl sites for hydroxylation is 1. The number of rotatable bonds is 3. The highest BCUT2D eigenvalue weighted by Gasteiger charge is 2.41. The van der Waals surface area contributed by atoms with Crippen LogP contribution in [0.4, 0.5) is 0 Å². The van der Waals surface area contributed by atoms with Crippen molar-refractivity contribution in [2.45, 2.75) is 44.9 Å². The molecule has 0 saturated carbocycles. The number of amides is 2. The molecule has 116 valence electrons. The second-order valence-electron chi connectivity index (χ2n) is 5.83. The first-order valence-corrected chi connectivity index (χ1v) is 7.67. The summed E-state index contributed by atoms with van der Waals surface area (Å²) in [6, 6.07) is 5.08. The van der Waals surface area contributed by atoms with Crippen molar-refractivity contribution in [3.05, 3.63) is 41.5 Å². The summed E-state index contributed by atoms with van der Waals surface area (Å²) in [4.78, 5) is 26.3. The highest BCUT2D eigenvalue weighted by Crippen LogP contribution is 2.37. The number of piperidine rings is 1. The Kier molecular flexibility index (Phi) is 3.74. The van der Waals surface area contributed by atoms with E-state index in [9.17, 15) is 14.7 Å². The third-order valence-electron chi connectivity index (χ3n) is 4.34. The maximum absolute atomic E-state index is 12.7. The molecule has 2 N–H and O–H groups in total. The zero-order valence-corrected chi connectivity index (χ0v) is 12.6. The van der Waals surface area contributed by atoms with E-state index in [1.165, 1.54) is 4.90 Å². The molecule has 1 aromatic rings. The van der Waals surface area contributed by atoms with E-state index in [0.717, 1.165) is 24.0 Å². The Morgan fingerprint density at radius 3 is 2.82 bits per heavy atom. The predicted molar refractivity (Wildman–Crippen MR) is 82.8 cm³/mol. The van der Waals surface area contributed by atoms with Crippen LogP contribution in [0.25, 0.3) is 5.70 Å². The number of carbonyl (C=O) groups is 2. The van der Waals surface area contributed by atoms with Gasteiger partial charge in [0.2, 0.25) is 5.91 Å². The van der Waals surface area contributed by atoms with E-state index in [1.807, 2.05) is 12.1 Å². The van der Waals surface area contributed by atoms with Crippen molar-refractivity contribution in [1.82, 2.24) is 10.2 Å². The van der Waals surface area contributed by atoms with Gasteiger partial charge in [0.25, 0.3) is 5.91 Å². The van der Waals surface area contributed by atoms with E-state index in [-0.39, 0.29) is 11.8 Å². The Morgan fingerprint density at radius 1 is 1.36 bits per heavy atom. The van der Waals surface area contributed by atoms with Gasteiger partial charge in [-0.1, -0.05) is 32.1 Å². The Morgan fingerprint density at radius 2 is 2.14 bits per heavy atom. The average Bonchev–Trinajstić information content (AvgIpc) is 2.73. The minimum absolute atomic E-state index is 0.172. The van der Waals surface area contributed by atoms with Gasteiger partial charge in [0.05, 0.1) is 0 Å².